The summed E-state index contributed by atoms with van der Waals surface area (Å²) in [6, 6.07) is 16.6. The molecule has 1 aliphatic carbocycles. The number of nitrogen functional groups attached to an aromatic ring is 1. The smallest absolute Gasteiger partial charge is 0.255 e. The molecule has 10 heteroatoms. The first-order valence-electron chi connectivity index (χ1n) is 15.4. The van der Waals surface area contributed by atoms with Gasteiger partial charge in [-0.1, -0.05) is 43.3 Å². The number of fused-ring (bicyclic) bond motifs is 1. The van der Waals surface area contributed by atoms with Crippen LogP contribution in [-0.4, -0.2) is 88.4 Å². The topological polar surface area (TPSA) is 114 Å². The summed E-state index contributed by atoms with van der Waals surface area (Å²) in [5.41, 5.74) is 10.3. The number of nitrogens with zero attached hydrogens (tertiary/aromatic N) is 6. The fourth-order valence-electron chi connectivity index (χ4n) is 6.57. The number of nitrogens with one attached hydrogen (secondary N) is 1. The maximum absolute atomic E-state index is 13.2. The lowest BCUT2D eigenvalue weighted by Crippen LogP contribution is -2.49. The van der Waals surface area contributed by atoms with E-state index in [4.69, 9.17) is 15.6 Å². The van der Waals surface area contributed by atoms with Gasteiger partial charge in [0.15, 0.2) is 5.65 Å². The van der Waals surface area contributed by atoms with E-state index in [1.165, 1.54) is 11.9 Å². The lowest BCUT2D eigenvalue weighted by atomic mass is 9.90. The Morgan fingerprint density at radius 1 is 1.02 bits per heavy atom. The van der Waals surface area contributed by atoms with Gasteiger partial charge in [-0.3, -0.25) is 9.69 Å². The summed E-state index contributed by atoms with van der Waals surface area (Å²) in [6.45, 7) is 7.19. The van der Waals surface area contributed by atoms with Crippen LogP contribution in [0.1, 0.15) is 60.5 Å². The fourth-order valence-corrected chi connectivity index (χ4v) is 6.57. The van der Waals surface area contributed by atoms with Gasteiger partial charge < -0.3 is 20.7 Å². The Morgan fingerprint density at radius 2 is 1.74 bits per heavy atom. The first-order valence-corrected chi connectivity index (χ1v) is 15.4. The average Bonchev–Trinajstić information content (AvgIpc) is 3.45. The Kier molecular flexibility index (Phi) is 8.58. The summed E-state index contributed by atoms with van der Waals surface area (Å²) in [7, 11) is 3.78. The van der Waals surface area contributed by atoms with Crippen molar-refractivity contribution in [2.75, 3.05) is 52.6 Å². The minimum Gasteiger partial charge on any atom is -0.496 e. The van der Waals surface area contributed by atoms with E-state index in [1.807, 2.05) is 30.3 Å². The number of aromatic nitrogens is 4. The maximum atomic E-state index is 13.2. The zero-order valence-electron chi connectivity index (χ0n) is 25.4. The fraction of sp³-hybridized carbons (Fsp3) is 0.455. The molecule has 43 heavy (non-hydrogen) atoms. The molecular formula is C33H42N8O2. The van der Waals surface area contributed by atoms with Gasteiger partial charge in [-0.15, -0.1) is 0 Å². The SMILES string of the molecule is COc1cc(-c2nn([C@H]3CC[C@@H](N4CCN(C)CC4)CC3)c3ncnc(N)c23)ccc1C(=O)NC[C@H](C)c1ccccc1. The standard InChI is InChI=1S/C33H42N8O2/c1-22(23-7-5-4-6-8-23)20-35-33(42)27-14-9-24(19-28(27)43-3)30-29-31(34)36-21-37-32(29)41(38-30)26-12-10-25(11-13-26)40-17-15-39(2)16-18-40/h4-9,14,19,21-22,25-26H,10-13,15-18,20H2,1-3H3,(H,35,42)(H2,34,36,37)/t22-,25-,26+/m0/s1. The van der Waals surface area contributed by atoms with E-state index in [9.17, 15) is 4.79 Å². The first kappa shape index (κ1) is 29.1. The third-order valence-corrected chi connectivity index (χ3v) is 9.24. The number of piperazine rings is 1. The van der Waals surface area contributed by atoms with E-state index in [0.717, 1.165) is 68.5 Å². The number of benzene rings is 2. The van der Waals surface area contributed by atoms with E-state index in [2.05, 4.69) is 55.9 Å². The van der Waals surface area contributed by atoms with Crippen LogP contribution in [0.5, 0.6) is 5.75 Å². The van der Waals surface area contributed by atoms with Crippen LogP contribution in [0.4, 0.5) is 5.82 Å². The van der Waals surface area contributed by atoms with Crippen LogP contribution >= 0.6 is 0 Å². The van der Waals surface area contributed by atoms with Crippen LogP contribution < -0.4 is 15.8 Å². The Balaban J connectivity index is 1.22. The monoisotopic (exact) mass is 582 g/mol. The molecule has 0 bridgehead atoms. The van der Waals surface area contributed by atoms with Crippen LogP contribution in [0.2, 0.25) is 0 Å². The number of carbonyl (C=O) groups is 1. The number of likely N-dealkylation sites (N-methyl/N-ethyl adjacent to an activating group) is 1. The third kappa shape index (κ3) is 6.07. The molecule has 226 valence electrons. The van der Waals surface area contributed by atoms with Crippen LogP contribution in [0.25, 0.3) is 22.3 Å². The van der Waals surface area contributed by atoms with E-state index in [0.29, 0.717) is 35.4 Å². The molecular weight excluding hydrogens is 540 g/mol. The summed E-state index contributed by atoms with van der Waals surface area (Å²) < 4.78 is 7.75. The molecule has 3 heterocycles. The van der Waals surface area contributed by atoms with Gasteiger partial charge in [0, 0.05) is 44.3 Å². The second kappa shape index (κ2) is 12.7. The number of ether oxygens (including phenoxy) is 1. The van der Waals surface area contributed by atoms with Crippen molar-refractivity contribution in [2.24, 2.45) is 0 Å². The zero-order valence-corrected chi connectivity index (χ0v) is 25.4. The molecule has 3 N–H and O–H groups in total. The highest BCUT2D eigenvalue weighted by atomic mass is 16.5. The van der Waals surface area contributed by atoms with E-state index in [-0.39, 0.29) is 17.9 Å². The molecule has 2 aliphatic rings. The van der Waals surface area contributed by atoms with Gasteiger partial charge in [0.2, 0.25) is 0 Å². The number of anilines is 1. The molecule has 1 aliphatic heterocycles. The highest BCUT2D eigenvalue weighted by Gasteiger charge is 2.31. The van der Waals surface area contributed by atoms with Crippen molar-refractivity contribution in [3.05, 3.63) is 66.0 Å². The van der Waals surface area contributed by atoms with E-state index >= 15 is 0 Å². The van der Waals surface area contributed by atoms with Gasteiger partial charge in [0.1, 0.15) is 23.6 Å². The molecule has 0 radical (unpaired) electrons. The number of carbonyl (C=O) groups excluding carboxylic acids is 1. The number of rotatable bonds is 8. The molecule has 4 aromatic rings. The van der Waals surface area contributed by atoms with E-state index in [1.54, 1.807) is 13.2 Å². The second-order valence-corrected chi connectivity index (χ2v) is 12.0. The third-order valence-electron chi connectivity index (χ3n) is 9.24. The molecule has 1 saturated heterocycles. The van der Waals surface area contributed by atoms with Gasteiger partial charge in [-0.25, -0.2) is 14.6 Å². The van der Waals surface area contributed by atoms with Gasteiger partial charge in [-0.05, 0) is 56.3 Å². The second-order valence-electron chi connectivity index (χ2n) is 12.0. The average molecular weight is 583 g/mol. The number of nitrogens with two attached hydrogens (primary N) is 1. The van der Waals surface area contributed by atoms with Crippen molar-refractivity contribution in [2.45, 2.75) is 50.6 Å². The van der Waals surface area contributed by atoms with Crippen molar-refractivity contribution in [3.8, 4) is 17.0 Å². The molecule has 6 rings (SSSR count). The molecule has 2 fully saturated rings. The molecule has 1 saturated carbocycles. The Hall–Kier alpha value is -4.02. The quantitative estimate of drug-likeness (QED) is 0.315. The zero-order chi connectivity index (χ0) is 29.9. The van der Waals surface area contributed by atoms with Crippen LogP contribution in [-0.2, 0) is 0 Å². The van der Waals surface area contributed by atoms with Crippen LogP contribution in [0.3, 0.4) is 0 Å². The highest BCUT2D eigenvalue weighted by molar-refractivity contribution is 6.01. The van der Waals surface area contributed by atoms with Gasteiger partial charge >= 0.3 is 0 Å². The predicted octanol–water partition coefficient (Wildman–Crippen LogP) is 4.35. The van der Waals surface area contributed by atoms with Gasteiger partial charge in [0.05, 0.1) is 24.1 Å². The summed E-state index contributed by atoms with van der Waals surface area (Å²) in [6.07, 6.45) is 5.89. The number of hydrogen-bond donors (Lipinski definition) is 2. The normalized spacial score (nSPS) is 20.6. The molecule has 1 atom stereocenters. The molecule has 10 nitrogen and oxygen atoms in total. The molecule has 1 amide bonds. The Bertz CT molecular complexity index is 1560. The first-order chi connectivity index (χ1) is 20.9. The molecule has 2 aromatic carbocycles. The van der Waals surface area contributed by atoms with E-state index < -0.39 is 0 Å². The van der Waals surface area contributed by atoms with Crippen molar-refractivity contribution in [1.29, 1.82) is 0 Å². The van der Waals surface area contributed by atoms with Crippen LogP contribution in [0, 0.1) is 0 Å². The molecule has 0 spiro atoms. The lowest BCUT2D eigenvalue weighted by Gasteiger charge is -2.41. The summed E-state index contributed by atoms with van der Waals surface area (Å²) in [5.74, 6) is 0.883. The largest absolute Gasteiger partial charge is 0.496 e. The summed E-state index contributed by atoms with van der Waals surface area (Å²) in [5, 5.41) is 8.89. The van der Waals surface area contributed by atoms with Crippen molar-refractivity contribution >= 4 is 22.8 Å². The Morgan fingerprint density at radius 3 is 2.47 bits per heavy atom. The van der Waals surface area contributed by atoms with Crippen molar-refractivity contribution in [1.82, 2.24) is 34.9 Å². The number of hydrogen-bond acceptors (Lipinski definition) is 8. The van der Waals surface area contributed by atoms with Crippen molar-refractivity contribution < 1.29 is 9.53 Å². The Labute approximate surface area is 253 Å². The number of amides is 1. The molecule has 2 aromatic heterocycles. The summed E-state index contributed by atoms with van der Waals surface area (Å²) >= 11 is 0. The lowest BCUT2D eigenvalue weighted by molar-refractivity contribution is 0.0815. The van der Waals surface area contributed by atoms with Gasteiger partial charge in [0.25, 0.3) is 5.91 Å². The molecule has 0 unspecified atom stereocenters. The van der Waals surface area contributed by atoms with Crippen molar-refractivity contribution in [3.63, 3.8) is 0 Å². The maximum Gasteiger partial charge on any atom is 0.255 e. The highest BCUT2D eigenvalue weighted by Crippen LogP contribution is 2.38. The summed E-state index contributed by atoms with van der Waals surface area (Å²) in [4.78, 5) is 27.2. The minimum absolute atomic E-state index is 0.179. The minimum atomic E-state index is -0.179. The predicted molar refractivity (Wildman–Crippen MR) is 169 cm³/mol. The number of methoxy groups -OCH3 is 1. The van der Waals surface area contributed by atoms with Gasteiger partial charge in [-0.2, -0.15) is 5.10 Å². The van der Waals surface area contributed by atoms with Crippen LogP contribution in [0.15, 0.2) is 54.9 Å².